The van der Waals surface area contributed by atoms with Crippen LogP contribution < -0.4 is 5.32 Å². The molecule has 2 N–H and O–H groups in total. The monoisotopic (exact) mass is 309 g/mol. The van der Waals surface area contributed by atoms with Crippen LogP contribution in [0.4, 0.5) is 0 Å². The van der Waals surface area contributed by atoms with Gasteiger partial charge in [0.15, 0.2) is 0 Å². The third-order valence-corrected chi connectivity index (χ3v) is 5.30. The highest BCUT2D eigenvalue weighted by atomic mass is 32.1. The van der Waals surface area contributed by atoms with E-state index in [2.05, 4.69) is 55.0 Å². The first-order valence-electron chi connectivity index (χ1n) is 6.96. The molecule has 2 aromatic rings. The molecule has 4 heteroatoms. The normalized spacial score (nSPS) is 13.6. The Balaban J connectivity index is 1.97. The average molecular weight is 310 g/mol. The van der Waals surface area contributed by atoms with Gasteiger partial charge < -0.3 is 10.4 Å². The molecule has 1 unspecified atom stereocenters. The number of hydrogen-bond donors (Lipinski definition) is 2. The maximum Gasteiger partial charge on any atom is 0.0446 e. The number of aliphatic hydroxyl groups is 1. The van der Waals surface area contributed by atoms with Gasteiger partial charge in [-0.15, -0.1) is 22.7 Å². The van der Waals surface area contributed by atoms with E-state index in [0.29, 0.717) is 6.04 Å². The molecule has 110 valence electrons. The summed E-state index contributed by atoms with van der Waals surface area (Å²) in [6.45, 7) is 7.75. The van der Waals surface area contributed by atoms with E-state index in [4.69, 9.17) is 0 Å². The molecule has 2 heterocycles. The second-order valence-corrected chi connectivity index (χ2v) is 8.03. The summed E-state index contributed by atoms with van der Waals surface area (Å²) in [7, 11) is 0. The summed E-state index contributed by atoms with van der Waals surface area (Å²) >= 11 is 3.58. The van der Waals surface area contributed by atoms with Crippen LogP contribution in [0.2, 0.25) is 0 Å². The van der Waals surface area contributed by atoms with Crippen molar-refractivity contribution in [2.24, 2.45) is 5.41 Å². The maximum absolute atomic E-state index is 9.19. The van der Waals surface area contributed by atoms with Gasteiger partial charge in [0.25, 0.3) is 0 Å². The molecule has 0 aliphatic heterocycles. The first kappa shape index (κ1) is 15.7. The summed E-state index contributed by atoms with van der Waals surface area (Å²) in [5, 5.41) is 17.1. The molecule has 2 nitrogen and oxygen atoms in total. The molecule has 0 radical (unpaired) electrons. The number of hydrogen-bond acceptors (Lipinski definition) is 4. The lowest BCUT2D eigenvalue weighted by Gasteiger charge is -2.31. The maximum atomic E-state index is 9.19. The van der Waals surface area contributed by atoms with Gasteiger partial charge in [-0.1, -0.05) is 26.8 Å². The quantitative estimate of drug-likeness (QED) is 0.831. The summed E-state index contributed by atoms with van der Waals surface area (Å²) in [4.78, 5) is 2.68. The van der Waals surface area contributed by atoms with E-state index < -0.39 is 0 Å². The Hall–Kier alpha value is -0.680. The molecule has 0 aromatic carbocycles. The molecule has 0 aliphatic carbocycles. The van der Waals surface area contributed by atoms with Gasteiger partial charge in [0.05, 0.1) is 0 Å². The van der Waals surface area contributed by atoms with Crippen molar-refractivity contribution in [3.8, 4) is 10.4 Å². The van der Waals surface area contributed by atoms with Crippen molar-refractivity contribution in [2.75, 3.05) is 6.61 Å². The standard InChI is InChI=1S/C16H23NOS2/c1-16(2,3)15(6-7-18)17-10-13-9-12(11-20-13)14-5-4-8-19-14/h4-5,8-9,11,15,17-18H,6-7,10H2,1-3H3. The fraction of sp³-hybridized carbons (Fsp3) is 0.500. The highest BCUT2D eigenvalue weighted by Crippen LogP contribution is 2.29. The van der Waals surface area contributed by atoms with E-state index in [0.717, 1.165) is 13.0 Å². The second-order valence-electron chi connectivity index (χ2n) is 6.09. The molecule has 0 fully saturated rings. The van der Waals surface area contributed by atoms with Gasteiger partial charge in [0, 0.05) is 34.5 Å². The SMILES string of the molecule is CC(C)(C)C(CCO)NCc1cc(-c2cccs2)cs1. The van der Waals surface area contributed by atoms with Gasteiger partial charge >= 0.3 is 0 Å². The zero-order valence-corrected chi connectivity index (χ0v) is 14.0. The Labute approximate surface area is 129 Å². The molecule has 0 spiro atoms. The van der Waals surface area contributed by atoms with Crippen molar-refractivity contribution < 1.29 is 5.11 Å². The van der Waals surface area contributed by atoms with Gasteiger partial charge in [-0.25, -0.2) is 0 Å². The van der Waals surface area contributed by atoms with Gasteiger partial charge in [-0.05, 0) is 34.7 Å². The highest BCUT2D eigenvalue weighted by Gasteiger charge is 2.23. The largest absolute Gasteiger partial charge is 0.396 e. The average Bonchev–Trinajstić information content (AvgIpc) is 3.03. The van der Waals surface area contributed by atoms with Crippen LogP contribution in [0.3, 0.4) is 0 Å². The predicted molar refractivity (Wildman–Crippen MR) is 89.4 cm³/mol. The fourth-order valence-corrected chi connectivity index (χ4v) is 3.86. The second kappa shape index (κ2) is 6.85. The summed E-state index contributed by atoms with van der Waals surface area (Å²) in [6.07, 6.45) is 0.798. The molecule has 0 aliphatic rings. The number of thiophene rings is 2. The molecule has 20 heavy (non-hydrogen) atoms. The van der Waals surface area contributed by atoms with Crippen LogP contribution in [0, 0.1) is 5.41 Å². The Morgan fingerprint density at radius 3 is 2.70 bits per heavy atom. The van der Waals surface area contributed by atoms with Crippen LogP contribution in [-0.2, 0) is 6.54 Å². The molecule has 0 bridgehead atoms. The third-order valence-electron chi connectivity index (χ3n) is 3.45. The van der Waals surface area contributed by atoms with E-state index in [-0.39, 0.29) is 12.0 Å². The molecule has 1 atom stereocenters. The Morgan fingerprint density at radius 2 is 2.10 bits per heavy atom. The van der Waals surface area contributed by atoms with Gasteiger partial charge in [0.2, 0.25) is 0 Å². The zero-order chi connectivity index (χ0) is 14.6. The molecule has 0 amide bonds. The smallest absolute Gasteiger partial charge is 0.0446 e. The minimum absolute atomic E-state index is 0.163. The summed E-state index contributed by atoms with van der Waals surface area (Å²) in [6, 6.07) is 6.85. The topological polar surface area (TPSA) is 32.3 Å². The van der Waals surface area contributed by atoms with Crippen molar-refractivity contribution in [3.05, 3.63) is 33.8 Å². The van der Waals surface area contributed by atoms with E-state index in [1.165, 1.54) is 15.3 Å². The summed E-state index contributed by atoms with van der Waals surface area (Å²) in [5.74, 6) is 0. The van der Waals surface area contributed by atoms with Gasteiger partial charge in [-0.3, -0.25) is 0 Å². The molecule has 0 saturated carbocycles. The third kappa shape index (κ3) is 4.16. The predicted octanol–water partition coefficient (Wildman–Crippen LogP) is 4.36. The molecular formula is C16H23NOS2. The molecule has 0 saturated heterocycles. The van der Waals surface area contributed by atoms with Crippen LogP contribution in [0.25, 0.3) is 10.4 Å². The number of aliphatic hydroxyl groups excluding tert-OH is 1. The number of nitrogens with one attached hydrogen (secondary N) is 1. The van der Waals surface area contributed by atoms with Crippen LogP contribution in [0.15, 0.2) is 29.0 Å². The minimum atomic E-state index is 0.163. The van der Waals surface area contributed by atoms with E-state index in [9.17, 15) is 5.11 Å². The van der Waals surface area contributed by atoms with Gasteiger partial charge in [-0.2, -0.15) is 0 Å². The summed E-state index contributed by atoms with van der Waals surface area (Å²) in [5.41, 5.74) is 1.48. The Kier molecular flexibility index (Phi) is 5.38. The minimum Gasteiger partial charge on any atom is -0.396 e. The van der Waals surface area contributed by atoms with Crippen molar-refractivity contribution >= 4 is 22.7 Å². The molecule has 2 rings (SSSR count). The summed E-state index contributed by atoms with van der Waals surface area (Å²) < 4.78 is 0. The van der Waals surface area contributed by atoms with Crippen LogP contribution in [-0.4, -0.2) is 17.8 Å². The van der Waals surface area contributed by atoms with E-state index >= 15 is 0 Å². The Morgan fingerprint density at radius 1 is 1.30 bits per heavy atom. The first-order valence-corrected chi connectivity index (χ1v) is 8.72. The van der Waals surface area contributed by atoms with Crippen molar-refractivity contribution in [2.45, 2.75) is 39.8 Å². The zero-order valence-electron chi connectivity index (χ0n) is 12.3. The fourth-order valence-electron chi connectivity index (χ4n) is 2.24. The molecule has 2 aromatic heterocycles. The first-order chi connectivity index (χ1) is 9.50. The Bertz CT molecular complexity index is 511. The van der Waals surface area contributed by atoms with Crippen molar-refractivity contribution in [3.63, 3.8) is 0 Å². The van der Waals surface area contributed by atoms with Crippen LogP contribution in [0.1, 0.15) is 32.1 Å². The molecular weight excluding hydrogens is 286 g/mol. The van der Waals surface area contributed by atoms with E-state index in [1.807, 2.05) is 0 Å². The van der Waals surface area contributed by atoms with Gasteiger partial charge in [0.1, 0.15) is 0 Å². The van der Waals surface area contributed by atoms with Crippen molar-refractivity contribution in [1.82, 2.24) is 5.32 Å². The lowest BCUT2D eigenvalue weighted by molar-refractivity contribution is 0.197. The van der Waals surface area contributed by atoms with Crippen LogP contribution >= 0.6 is 22.7 Å². The lowest BCUT2D eigenvalue weighted by atomic mass is 9.85. The van der Waals surface area contributed by atoms with E-state index in [1.54, 1.807) is 22.7 Å². The van der Waals surface area contributed by atoms with Crippen molar-refractivity contribution in [1.29, 1.82) is 0 Å². The highest BCUT2D eigenvalue weighted by molar-refractivity contribution is 7.14. The number of rotatable bonds is 6. The van der Waals surface area contributed by atoms with Crippen LogP contribution in [0.5, 0.6) is 0 Å². The lowest BCUT2D eigenvalue weighted by Crippen LogP contribution is -2.40.